The second kappa shape index (κ2) is 5.55. The van der Waals surface area contributed by atoms with Gasteiger partial charge in [-0.1, -0.05) is 6.58 Å². The fourth-order valence-electron chi connectivity index (χ4n) is 1.33. The van der Waals surface area contributed by atoms with Gasteiger partial charge in [0.2, 0.25) is 11.7 Å². The molecule has 0 amide bonds. The van der Waals surface area contributed by atoms with Gasteiger partial charge in [-0.2, -0.15) is 4.99 Å². The predicted molar refractivity (Wildman–Crippen MR) is 65.4 cm³/mol. The van der Waals surface area contributed by atoms with E-state index >= 15 is 0 Å². The van der Waals surface area contributed by atoms with E-state index in [9.17, 15) is 4.79 Å². The SMILES string of the molecule is C=C(C)C(=O)C1=NC(N)=NC(N)N1CCOC. The van der Waals surface area contributed by atoms with Gasteiger partial charge in [0.05, 0.1) is 6.61 Å². The summed E-state index contributed by atoms with van der Waals surface area (Å²) in [7, 11) is 1.56. The van der Waals surface area contributed by atoms with E-state index in [1.165, 1.54) is 4.90 Å². The molecule has 0 fully saturated rings. The molecule has 1 aliphatic rings. The Bertz CT molecular complexity index is 388. The van der Waals surface area contributed by atoms with Crippen LogP contribution in [-0.2, 0) is 9.53 Å². The Morgan fingerprint density at radius 1 is 1.65 bits per heavy atom. The maximum atomic E-state index is 11.9. The third kappa shape index (κ3) is 3.11. The Labute approximate surface area is 99.8 Å². The first kappa shape index (κ1) is 13.3. The number of amidine groups is 1. The van der Waals surface area contributed by atoms with Crippen molar-refractivity contribution < 1.29 is 9.53 Å². The molecule has 0 aromatic carbocycles. The van der Waals surface area contributed by atoms with E-state index in [1.807, 2.05) is 0 Å². The summed E-state index contributed by atoms with van der Waals surface area (Å²) in [5, 5.41) is 0. The number of carbonyl (C=O) groups excluding carboxylic acids is 1. The smallest absolute Gasteiger partial charge is 0.223 e. The zero-order valence-corrected chi connectivity index (χ0v) is 10.0. The molecule has 1 aliphatic heterocycles. The van der Waals surface area contributed by atoms with Crippen molar-refractivity contribution in [2.24, 2.45) is 21.5 Å². The zero-order chi connectivity index (χ0) is 13.0. The van der Waals surface area contributed by atoms with Gasteiger partial charge in [-0.3, -0.25) is 10.5 Å². The number of Topliss-reactive ketones (excluding diaryl/α,β-unsaturated/α-hetero) is 1. The van der Waals surface area contributed by atoms with E-state index in [0.717, 1.165) is 0 Å². The van der Waals surface area contributed by atoms with Crippen LogP contribution >= 0.6 is 0 Å². The van der Waals surface area contributed by atoms with Gasteiger partial charge in [-0.25, -0.2) is 4.99 Å². The van der Waals surface area contributed by atoms with Gasteiger partial charge in [0.15, 0.2) is 12.1 Å². The van der Waals surface area contributed by atoms with Gasteiger partial charge in [0.25, 0.3) is 0 Å². The molecule has 1 heterocycles. The summed E-state index contributed by atoms with van der Waals surface area (Å²) in [6.07, 6.45) is -0.721. The molecule has 1 atom stereocenters. The molecule has 0 aliphatic carbocycles. The molecule has 7 nitrogen and oxygen atoms in total. The fraction of sp³-hybridized carbons (Fsp3) is 0.500. The number of hydrogen-bond acceptors (Lipinski definition) is 7. The number of nitrogens with two attached hydrogens (primary N) is 2. The molecule has 0 saturated carbocycles. The fourth-order valence-corrected chi connectivity index (χ4v) is 1.33. The molecule has 7 heteroatoms. The number of carbonyl (C=O) groups is 1. The second-order valence-electron chi connectivity index (χ2n) is 3.63. The molecule has 17 heavy (non-hydrogen) atoms. The van der Waals surface area contributed by atoms with Gasteiger partial charge < -0.3 is 15.4 Å². The van der Waals surface area contributed by atoms with Gasteiger partial charge in [0.1, 0.15) is 0 Å². The molecular formula is C10H17N5O2. The van der Waals surface area contributed by atoms with Crippen molar-refractivity contribution >= 4 is 17.6 Å². The first-order valence-electron chi connectivity index (χ1n) is 5.10. The number of ether oxygens (including phenoxy) is 1. The van der Waals surface area contributed by atoms with Crippen molar-refractivity contribution in [2.75, 3.05) is 20.3 Å². The van der Waals surface area contributed by atoms with E-state index in [0.29, 0.717) is 18.7 Å². The molecule has 0 bridgehead atoms. The summed E-state index contributed by atoms with van der Waals surface area (Å²) >= 11 is 0. The highest BCUT2D eigenvalue weighted by Gasteiger charge is 2.27. The Hall–Kier alpha value is -1.73. The normalized spacial score (nSPS) is 19.7. The van der Waals surface area contributed by atoms with Gasteiger partial charge >= 0.3 is 0 Å². The number of rotatable bonds is 5. The molecule has 0 aromatic rings. The lowest BCUT2D eigenvalue weighted by molar-refractivity contribution is -0.110. The van der Waals surface area contributed by atoms with Crippen molar-refractivity contribution in [3.8, 4) is 0 Å². The molecule has 94 valence electrons. The Balaban J connectivity index is 2.97. The number of guanidine groups is 1. The standard InChI is InChI=1S/C10H17N5O2/c1-6(2)7(16)8-13-9(11)14-10(12)15(8)4-5-17-3/h10H,1,4-5,12H2,2-3H3,(H2,11,14). The molecular weight excluding hydrogens is 222 g/mol. The minimum atomic E-state index is -0.721. The average molecular weight is 239 g/mol. The van der Waals surface area contributed by atoms with Crippen LogP contribution in [0.1, 0.15) is 6.92 Å². The summed E-state index contributed by atoms with van der Waals surface area (Å²) in [6, 6.07) is 0. The minimum absolute atomic E-state index is 0.00392. The van der Waals surface area contributed by atoms with Crippen LogP contribution in [0.25, 0.3) is 0 Å². The third-order valence-electron chi connectivity index (χ3n) is 2.20. The minimum Gasteiger partial charge on any atom is -0.383 e. The van der Waals surface area contributed by atoms with Crippen molar-refractivity contribution in [1.82, 2.24) is 4.90 Å². The molecule has 0 saturated heterocycles. The van der Waals surface area contributed by atoms with E-state index < -0.39 is 6.29 Å². The summed E-state index contributed by atoms with van der Waals surface area (Å²) in [6.45, 7) is 6.01. The number of ketones is 1. The van der Waals surface area contributed by atoms with E-state index in [1.54, 1.807) is 14.0 Å². The highest BCUT2D eigenvalue weighted by molar-refractivity contribution is 6.46. The number of hydrogen-bond donors (Lipinski definition) is 2. The van der Waals surface area contributed by atoms with E-state index in [4.69, 9.17) is 16.2 Å². The van der Waals surface area contributed by atoms with Crippen LogP contribution in [-0.4, -0.2) is 49.0 Å². The summed E-state index contributed by atoms with van der Waals surface area (Å²) < 4.78 is 4.94. The number of nitrogens with zero attached hydrogens (tertiary/aromatic N) is 3. The van der Waals surface area contributed by atoms with Crippen LogP contribution in [0.5, 0.6) is 0 Å². The quantitative estimate of drug-likeness (QED) is 0.601. The van der Waals surface area contributed by atoms with Crippen LogP contribution in [0.2, 0.25) is 0 Å². The maximum Gasteiger partial charge on any atom is 0.223 e. The average Bonchev–Trinajstić information content (AvgIpc) is 2.25. The van der Waals surface area contributed by atoms with Crippen molar-refractivity contribution in [3.05, 3.63) is 12.2 Å². The van der Waals surface area contributed by atoms with Gasteiger partial charge in [-0.05, 0) is 12.5 Å². The first-order valence-corrected chi connectivity index (χ1v) is 5.10. The van der Waals surface area contributed by atoms with Crippen LogP contribution in [0.3, 0.4) is 0 Å². The lowest BCUT2D eigenvalue weighted by atomic mass is 10.2. The summed E-state index contributed by atoms with van der Waals surface area (Å²) in [5.41, 5.74) is 11.6. The van der Waals surface area contributed by atoms with Gasteiger partial charge in [0, 0.05) is 13.7 Å². The van der Waals surface area contributed by atoms with E-state index in [-0.39, 0.29) is 17.6 Å². The molecule has 1 rings (SSSR count). The van der Waals surface area contributed by atoms with Gasteiger partial charge in [-0.15, -0.1) is 0 Å². The number of aliphatic imine (C=N–C) groups is 2. The Kier molecular flexibility index (Phi) is 4.36. The number of methoxy groups -OCH3 is 1. The summed E-state index contributed by atoms with van der Waals surface area (Å²) in [4.78, 5) is 21.2. The highest BCUT2D eigenvalue weighted by atomic mass is 16.5. The van der Waals surface area contributed by atoms with Crippen molar-refractivity contribution in [3.63, 3.8) is 0 Å². The Morgan fingerprint density at radius 2 is 2.29 bits per heavy atom. The Morgan fingerprint density at radius 3 is 2.82 bits per heavy atom. The largest absolute Gasteiger partial charge is 0.383 e. The highest BCUT2D eigenvalue weighted by Crippen LogP contribution is 2.08. The monoisotopic (exact) mass is 239 g/mol. The van der Waals surface area contributed by atoms with E-state index in [2.05, 4.69) is 16.6 Å². The molecule has 0 radical (unpaired) electrons. The lowest BCUT2D eigenvalue weighted by Crippen LogP contribution is -2.52. The topological polar surface area (TPSA) is 106 Å². The molecule has 4 N–H and O–H groups in total. The van der Waals surface area contributed by atoms with Crippen LogP contribution in [0.4, 0.5) is 0 Å². The van der Waals surface area contributed by atoms with Crippen molar-refractivity contribution in [1.29, 1.82) is 0 Å². The second-order valence-corrected chi connectivity index (χ2v) is 3.63. The van der Waals surface area contributed by atoms with Crippen LogP contribution < -0.4 is 11.5 Å². The first-order chi connectivity index (χ1) is 7.97. The maximum absolute atomic E-state index is 11.9. The predicted octanol–water partition coefficient (Wildman–Crippen LogP) is -0.951. The molecule has 0 aromatic heterocycles. The third-order valence-corrected chi connectivity index (χ3v) is 2.20. The molecule has 1 unspecified atom stereocenters. The van der Waals surface area contributed by atoms with Crippen molar-refractivity contribution in [2.45, 2.75) is 13.2 Å². The van der Waals surface area contributed by atoms with Crippen LogP contribution in [0.15, 0.2) is 22.1 Å². The van der Waals surface area contributed by atoms with Crippen LogP contribution in [0, 0.1) is 0 Å². The zero-order valence-electron chi connectivity index (χ0n) is 10.0. The summed E-state index contributed by atoms with van der Waals surface area (Å²) in [5.74, 6) is -0.139. The molecule has 0 spiro atoms. The lowest BCUT2D eigenvalue weighted by Gasteiger charge is -2.30.